The fourth-order valence-corrected chi connectivity index (χ4v) is 4.04. The minimum Gasteiger partial charge on any atom is -0.289 e. The molecule has 0 aliphatic heterocycles. The van der Waals surface area contributed by atoms with Gasteiger partial charge in [0.1, 0.15) is 0 Å². The summed E-state index contributed by atoms with van der Waals surface area (Å²) in [6, 6.07) is 16.1. The number of ketones is 1. The maximum atomic E-state index is 12.9. The van der Waals surface area contributed by atoms with Crippen molar-refractivity contribution < 1.29 is 4.79 Å². The second kappa shape index (κ2) is 11.2. The highest BCUT2D eigenvalue weighted by molar-refractivity contribution is 6.16. The summed E-state index contributed by atoms with van der Waals surface area (Å²) in [7, 11) is 0. The molecule has 3 rings (SSSR count). The van der Waals surface area contributed by atoms with Crippen molar-refractivity contribution in [3.05, 3.63) is 83.1 Å². The summed E-state index contributed by atoms with van der Waals surface area (Å²) in [4.78, 5) is 12.9. The molecule has 0 unspecified atom stereocenters. The standard InChI is InChI=1S/C29H36N2O/c1-5-6-7-8-9-10-13-22-16-18-24(19-17-22)31-30-21-23-20-27(29(2,3)4)28(32)26-15-12-11-14-25(23)26/h11-12,14-21H,5-10,13H2,1-4H3. The molecule has 32 heavy (non-hydrogen) atoms. The van der Waals surface area contributed by atoms with Crippen LogP contribution in [-0.4, -0.2) is 5.78 Å². The van der Waals surface area contributed by atoms with Crippen LogP contribution < -0.4 is 0 Å². The van der Waals surface area contributed by atoms with E-state index >= 15 is 0 Å². The molecule has 0 aromatic heterocycles. The molecule has 3 heteroatoms. The molecule has 0 heterocycles. The van der Waals surface area contributed by atoms with Crippen LogP contribution in [0.25, 0.3) is 5.57 Å². The molecule has 1 aliphatic rings. The zero-order chi connectivity index (χ0) is 23.0. The molecular formula is C29H36N2O. The lowest BCUT2D eigenvalue weighted by Crippen LogP contribution is -2.22. The Kier molecular flexibility index (Phi) is 8.33. The largest absolute Gasteiger partial charge is 0.289 e. The summed E-state index contributed by atoms with van der Waals surface area (Å²) in [6.07, 6.45) is 12.8. The molecule has 2 aromatic carbocycles. The average molecular weight is 429 g/mol. The highest BCUT2D eigenvalue weighted by atomic mass is 16.1. The number of allylic oxidation sites excluding steroid dienone is 3. The first-order valence-corrected chi connectivity index (χ1v) is 12.0. The number of carbonyl (C=O) groups excluding carboxylic acids is 1. The lowest BCUT2D eigenvalue weighted by molar-refractivity contribution is 0.101. The molecule has 0 spiro atoms. The third-order valence-electron chi connectivity index (χ3n) is 5.96. The van der Waals surface area contributed by atoms with E-state index in [-0.39, 0.29) is 11.2 Å². The van der Waals surface area contributed by atoms with Crippen molar-refractivity contribution in [2.45, 2.75) is 72.6 Å². The lowest BCUT2D eigenvalue weighted by atomic mass is 9.76. The molecule has 2 aromatic rings. The van der Waals surface area contributed by atoms with Gasteiger partial charge in [-0.2, -0.15) is 10.2 Å². The van der Waals surface area contributed by atoms with Crippen LogP contribution in [0, 0.1) is 5.41 Å². The third kappa shape index (κ3) is 6.35. The summed E-state index contributed by atoms with van der Waals surface area (Å²) in [5.74, 6) is 0.100. The number of Topliss-reactive ketones (excluding diaryl/α,β-unsaturated/α-hetero) is 1. The number of rotatable bonds is 9. The van der Waals surface area contributed by atoms with Crippen LogP contribution in [0.15, 0.2) is 76.6 Å². The van der Waals surface area contributed by atoms with Crippen LogP contribution in [-0.2, 0) is 6.42 Å². The van der Waals surface area contributed by atoms with Crippen LogP contribution >= 0.6 is 0 Å². The van der Waals surface area contributed by atoms with E-state index in [4.69, 9.17) is 0 Å². The van der Waals surface area contributed by atoms with Crippen LogP contribution in [0.4, 0.5) is 5.69 Å². The number of hydrogen-bond acceptors (Lipinski definition) is 3. The van der Waals surface area contributed by atoms with E-state index < -0.39 is 0 Å². The molecule has 0 saturated heterocycles. The lowest BCUT2D eigenvalue weighted by Gasteiger charge is -2.27. The van der Waals surface area contributed by atoms with Gasteiger partial charge in [-0.05, 0) is 47.6 Å². The summed E-state index contributed by atoms with van der Waals surface area (Å²) in [5.41, 5.74) is 5.35. The second-order valence-corrected chi connectivity index (χ2v) is 9.67. The molecule has 0 radical (unpaired) electrons. The van der Waals surface area contributed by atoms with Crippen LogP contribution in [0.1, 0.15) is 87.7 Å². The predicted octanol–water partition coefficient (Wildman–Crippen LogP) is 8.88. The molecule has 1 aliphatic carbocycles. The minimum absolute atomic E-state index is 0.100. The van der Waals surface area contributed by atoms with Crippen LogP contribution in [0.2, 0.25) is 0 Å². The Morgan fingerprint density at radius 3 is 2.19 bits per heavy atom. The molecule has 3 nitrogen and oxygen atoms in total. The zero-order valence-electron chi connectivity index (χ0n) is 20.0. The number of unbranched alkanes of at least 4 members (excludes halogenated alkanes) is 5. The number of fused-ring (bicyclic) bond motifs is 1. The maximum absolute atomic E-state index is 12.9. The Labute approximate surface area is 193 Å². The van der Waals surface area contributed by atoms with Gasteiger partial charge in [0, 0.05) is 16.7 Å². The number of carbonyl (C=O) groups is 1. The Hall–Kier alpha value is -2.81. The molecule has 0 N–H and O–H groups in total. The van der Waals surface area contributed by atoms with Crippen molar-refractivity contribution >= 4 is 17.0 Å². The van der Waals surface area contributed by atoms with Gasteiger partial charge in [0.15, 0.2) is 5.78 Å². The first-order valence-electron chi connectivity index (χ1n) is 12.0. The van der Waals surface area contributed by atoms with E-state index in [9.17, 15) is 4.79 Å². The van der Waals surface area contributed by atoms with Crippen molar-refractivity contribution in [3.8, 4) is 0 Å². The number of hydrogen-bond donors (Lipinski definition) is 0. The van der Waals surface area contributed by atoms with Gasteiger partial charge in [0.2, 0.25) is 0 Å². The third-order valence-corrected chi connectivity index (χ3v) is 5.96. The van der Waals surface area contributed by atoms with Crippen LogP contribution in [0.3, 0.4) is 0 Å². The number of benzene rings is 2. The van der Waals surface area contributed by atoms with Gasteiger partial charge in [0.05, 0.1) is 11.9 Å². The van der Waals surface area contributed by atoms with Gasteiger partial charge >= 0.3 is 0 Å². The second-order valence-electron chi connectivity index (χ2n) is 9.67. The van der Waals surface area contributed by atoms with Gasteiger partial charge < -0.3 is 0 Å². The number of aryl methyl sites for hydroxylation is 1. The molecule has 0 fully saturated rings. The normalized spacial score (nSPS) is 15.3. The van der Waals surface area contributed by atoms with Crippen LogP contribution in [0.5, 0.6) is 0 Å². The van der Waals surface area contributed by atoms with E-state index in [0.29, 0.717) is 0 Å². The van der Waals surface area contributed by atoms with E-state index in [2.05, 4.69) is 50.1 Å². The topological polar surface area (TPSA) is 41.8 Å². The Morgan fingerprint density at radius 2 is 1.50 bits per heavy atom. The van der Waals surface area contributed by atoms with Gasteiger partial charge in [0.25, 0.3) is 0 Å². The first kappa shape index (κ1) is 23.8. The van der Waals surface area contributed by atoms with E-state index in [1.807, 2.05) is 42.5 Å². The maximum Gasteiger partial charge on any atom is 0.190 e. The molecule has 0 atom stereocenters. The molecular weight excluding hydrogens is 392 g/mol. The van der Waals surface area contributed by atoms with Gasteiger partial charge in [-0.1, -0.05) is 96.2 Å². The highest BCUT2D eigenvalue weighted by Gasteiger charge is 2.30. The van der Waals surface area contributed by atoms with Crippen molar-refractivity contribution in [1.29, 1.82) is 0 Å². The summed E-state index contributed by atoms with van der Waals surface area (Å²) in [5, 5.41) is 8.73. The van der Waals surface area contributed by atoms with Gasteiger partial charge in [-0.25, -0.2) is 0 Å². The Balaban J connectivity index is 1.67. The number of nitrogens with zero attached hydrogens (tertiary/aromatic N) is 2. The smallest absolute Gasteiger partial charge is 0.190 e. The minimum atomic E-state index is -0.229. The van der Waals surface area contributed by atoms with Crippen molar-refractivity contribution in [2.24, 2.45) is 15.6 Å². The van der Waals surface area contributed by atoms with Crippen molar-refractivity contribution in [3.63, 3.8) is 0 Å². The highest BCUT2D eigenvalue weighted by Crippen LogP contribution is 2.37. The van der Waals surface area contributed by atoms with Crippen molar-refractivity contribution in [2.75, 3.05) is 0 Å². The quantitative estimate of drug-likeness (QED) is 0.290. The van der Waals surface area contributed by atoms with Crippen molar-refractivity contribution in [1.82, 2.24) is 0 Å². The van der Waals surface area contributed by atoms with Gasteiger partial charge in [-0.3, -0.25) is 4.79 Å². The Morgan fingerprint density at radius 1 is 0.844 bits per heavy atom. The zero-order valence-corrected chi connectivity index (χ0v) is 20.0. The van der Waals surface area contributed by atoms with Gasteiger partial charge in [-0.15, -0.1) is 0 Å². The summed E-state index contributed by atoms with van der Waals surface area (Å²) < 4.78 is 0. The van der Waals surface area contributed by atoms with E-state index in [0.717, 1.165) is 34.4 Å². The molecule has 0 saturated carbocycles. The number of azo groups is 1. The molecule has 168 valence electrons. The molecule has 0 bridgehead atoms. The average Bonchev–Trinajstić information content (AvgIpc) is 2.78. The SMILES string of the molecule is CCCCCCCCc1ccc(N=NC=C2C=C(C(C)(C)C)C(=O)c3ccccc32)cc1. The fourth-order valence-electron chi connectivity index (χ4n) is 4.04. The summed E-state index contributed by atoms with van der Waals surface area (Å²) in [6.45, 7) is 8.45. The Bertz CT molecular complexity index is 1000. The van der Waals surface area contributed by atoms with E-state index in [1.165, 1.54) is 44.1 Å². The fraction of sp³-hybridized carbons (Fsp3) is 0.414. The summed E-state index contributed by atoms with van der Waals surface area (Å²) >= 11 is 0. The molecule has 0 amide bonds. The van der Waals surface area contributed by atoms with E-state index in [1.54, 1.807) is 6.20 Å². The monoisotopic (exact) mass is 428 g/mol. The first-order chi connectivity index (χ1) is 15.4. The predicted molar refractivity (Wildman–Crippen MR) is 134 cm³/mol.